The van der Waals surface area contributed by atoms with Gasteiger partial charge < -0.3 is 20.6 Å². The Hall–Kier alpha value is -6.09. The molecule has 5 N–H and O–H groups in total. The zero-order valence-corrected chi connectivity index (χ0v) is 35.9. The Morgan fingerprint density at radius 3 is 1.64 bits per heavy atom. The van der Waals surface area contributed by atoms with Crippen LogP contribution >= 0.6 is 0 Å². The first-order valence-corrected chi connectivity index (χ1v) is 22.3. The fourth-order valence-corrected chi connectivity index (χ4v) is 10.1. The smallest absolute Gasteiger partial charge is 0.475 e. The van der Waals surface area contributed by atoms with Crippen molar-refractivity contribution in [3.8, 4) is 0 Å². The van der Waals surface area contributed by atoms with Crippen LogP contribution in [-0.2, 0) is 24.0 Å². The predicted molar refractivity (Wildman–Crippen MR) is 224 cm³/mol. The number of halogens is 4. The molecule has 10 rings (SSSR count). The van der Waals surface area contributed by atoms with Crippen molar-refractivity contribution >= 4 is 58.9 Å². The number of piperazine rings is 1. The fourth-order valence-electron chi connectivity index (χ4n) is 10.1. The van der Waals surface area contributed by atoms with Crippen LogP contribution in [0.5, 0.6) is 0 Å². The van der Waals surface area contributed by atoms with Crippen LogP contribution < -0.4 is 26.2 Å². The number of nitrogens with one attached hydrogen (secondary N) is 4. The summed E-state index contributed by atoms with van der Waals surface area (Å²) in [7, 11) is 0. The maximum absolute atomic E-state index is 13.2. The van der Waals surface area contributed by atoms with Gasteiger partial charge in [0.05, 0.1) is 22.3 Å². The van der Waals surface area contributed by atoms with Gasteiger partial charge in [0.2, 0.25) is 23.6 Å². The van der Waals surface area contributed by atoms with Crippen molar-refractivity contribution in [2.45, 2.75) is 126 Å². The number of piperidine rings is 3. The number of benzene rings is 2. The molecule has 0 bridgehead atoms. The summed E-state index contributed by atoms with van der Waals surface area (Å²) in [5.74, 6) is -6.67. The Labute approximate surface area is 376 Å². The molecule has 21 heteroatoms. The van der Waals surface area contributed by atoms with Gasteiger partial charge in [0.15, 0.2) is 0 Å². The van der Waals surface area contributed by atoms with E-state index in [9.17, 15) is 55.9 Å². The van der Waals surface area contributed by atoms with Gasteiger partial charge in [-0.15, -0.1) is 0 Å². The maximum atomic E-state index is 13.2. The second kappa shape index (κ2) is 20.2. The highest BCUT2D eigenvalue weighted by molar-refractivity contribution is 6.24. The number of carbonyl (C=O) groups is 9. The van der Waals surface area contributed by atoms with Crippen LogP contribution in [0.25, 0.3) is 0 Å². The molecule has 8 aliphatic rings. The molecule has 6 atom stereocenters. The molecule has 2 aromatic carbocycles. The number of carboxylic acid groups (broad SMARTS) is 1. The molecule has 0 radical (unpaired) electrons. The molecule has 2 aromatic rings. The van der Waals surface area contributed by atoms with Crippen molar-refractivity contribution in [2.24, 2.45) is 5.92 Å². The first-order chi connectivity index (χ1) is 31.4. The van der Waals surface area contributed by atoms with Crippen molar-refractivity contribution in [2.75, 3.05) is 24.5 Å². The van der Waals surface area contributed by atoms with Gasteiger partial charge in [-0.2, -0.15) is 13.2 Å². The lowest BCUT2D eigenvalue weighted by molar-refractivity contribution is -0.192. The lowest BCUT2D eigenvalue weighted by atomic mass is 9.80. The van der Waals surface area contributed by atoms with Gasteiger partial charge in [-0.05, 0) is 100 Å². The van der Waals surface area contributed by atoms with Gasteiger partial charge in [-0.25, -0.2) is 9.18 Å². The highest BCUT2D eigenvalue weighted by Crippen LogP contribution is 2.35. The summed E-state index contributed by atoms with van der Waals surface area (Å²) in [5, 5.41) is 18.7. The van der Waals surface area contributed by atoms with Crippen LogP contribution in [-0.4, -0.2) is 124 Å². The van der Waals surface area contributed by atoms with Crippen molar-refractivity contribution < 1.29 is 65.8 Å². The molecule has 0 aromatic heterocycles. The predicted octanol–water partition coefficient (Wildman–Crippen LogP) is 3.60. The van der Waals surface area contributed by atoms with Crippen LogP contribution in [0.3, 0.4) is 0 Å². The molecule has 6 heterocycles. The van der Waals surface area contributed by atoms with Crippen LogP contribution in [0, 0.1) is 11.7 Å². The Morgan fingerprint density at radius 2 is 1.08 bits per heavy atom. The minimum atomic E-state index is -5.08. The Bertz CT molecular complexity index is 2280. The first kappa shape index (κ1) is 47.9. The van der Waals surface area contributed by atoms with Crippen LogP contribution in [0.15, 0.2) is 36.4 Å². The lowest BCUT2D eigenvalue weighted by Gasteiger charge is -2.46. The molecule has 8 amide bonds. The number of rotatable bonds is 3. The zero-order chi connectivity index (χ0) is 47.4. The monoisotopic (exact) mass is 925 g/mol. The van der Waals surface area contributed by atoms with Gasteiger partial charge in [0, 0.05) is 49.7 Å². The zero-order valence-electron chi connectivity index (χ0n) is 35.9. The van der Waals surface area contributed by atoms with Gasteiger partial charge in [0.1, 0.15) is 17.9 Å². The number of nitrogens with zero attached hydrogens (tertiary/aromatic N) is 3. The molecule has 0 spiro atoms. The van der Waals surface area contributed by atoms with Crippen LogP contribution in [0.1, 0.15) is 131 Å². The van der Waals surface area contributed by atoms with E-state index >= 15 is 0 Å². The van der Waals surface area contributed by atoms with E-state index in [1.165, 1.54) is 64.0 Å². The minimum absolute atomic E-state index is 0.0537. The number of aliphatic carboxylic acids is 1. The van der Waals surface area contributed by atoms with E-state index < -0.39 is 71.4 Å². The maximum Gasteiger partial charge on any atom is 0.490 e. The third-order valence-corrected chi connectivity index (χ3v) is 13.4. The summed E-state index contributed by atoms with van der Waals surface area (Å²) < 4.78 is 44.9. The molecule has 2 aliphatic carbocycles. The lowest BCUT2D eigenvalue weighted by Crippen LogP contribution is -2.59. The van der Waals surface area contributed by atoms with Gasteiger partial charge >= 0.3 is 12.1 Å². The number of hydrogen-bond donors (Lipinski definition) is 5. The Morgan fingerprint density at radius 1 is 0.591 bits per heavy atom. The summed E-state index contributed by atoms with van der Waals surface area (Å²) in [4.78, 5) is 110. The number of hydrogen-bond acceptors (Lipinski definition) is 12. The summed E-state index contributed by atoms with van der Waals surface area (Å²) in [6, 6.07) is 8.51. The fraction of sp³-hybridized carbons (Fsp3) is 0.533. The Kier molecular flexibility index (Phi) is 14.6. The van der Waals surface area contributed by atoms with Crippen LogP contribution in [0.2, 0.25) is 0 Å². The first-order valence-electron chi connectivity index (χ1n) is 22.3. The quantitative estimate of drug-likeness (QED) is 0.219. The highest BCUT2D eigenvalue weighted by Gasteiger charge is 2.47. The van der Waals surface area contributed by atoms with Crippen molar-refractivity contribution in [1.29, 1.82) is 0 Å². The van der Waals surface area contributed by atoms with Crippen molar-refractivity contribution in [3.63, 3.8) is 0 Å². The topological polar surface area (TPSA) is 232 Å². The molecule has 2 saturated carbocycles. The third-order valence-electron chi connectivity index (χ3n) is 13.4. The number of fused-ring (bicyclic) bond motifs is 4. The van der Waals surface area contributed by atoms with Crippen LogP contribution in [0.4, 0.5) is 23.2 Å². The standard InChI is InChI=1S/C21H24N4O4.C13H9FN2O4.C9H17N.C2HF3O2/c26-18-8-7-17(19(27)23-18)25-20(28)13-6-5-12(11-14(13)21(25)29)24-10-9-22-15-3-1-2-4-16(15)24;14-6-1-2-7-8(5-6)13(20)16(12(7)19)9-3-4-10(17)15-11(9)18;1-2-6-9-8(4-1)5-3-7-10-9;3-2(4,5)1(6)7/h5-6,11,15-17,22H,1-4,7-10H2,(H,23,26,27);1-2,5,9H,3-4H2,(H,15,17,18);8-10H,1-7H2;(H,6,7)/t15-,16-,17?;;8-,9+;/m0.1./s1. The molecule has 6 fully saturated rings. The van der Waals surface area contributed by atoms with E-state index in [2.05, 4.69) is 26.2 Å². The summed E-state index contributed by atoms with van der Waals surface area (Å²) >= 11 is 0. The van der Waals surface area contributed by atoms with Gasteiger partial charge in [0.25, 0.3) is 23.6 Å². The van der Waals surface area contributed by atoms with Gasteiger partial charge in [-0.1, -0.05) is 25.7 Å². The van der Waals surface area contributed by atoms with E-state index in [1.54, 1.807) is 12.1 Å². The molecule has 17 nitrogen and oxygen atoms in total. The second-order valence-corrected chi connectivity index (χ2v) is 17.5. The molecule has 2 unspecified atom stereocenters. The van der Waals surface area contributed by atoms with E-state index in [0.717, 1.165) is 65.5 Å². The number of carbonyl (C=O) groups excluding carboxylic acids is 8. The molecule has 66 heavy (non-hydrogen) atoms. The van der Waals surface area contributed by atoms with E-state index in [-0.39, 0.29) is 42.7 Å². The average molecular weight is 926 g/mol. The molecule has 6 aliphatic heterocycles. The van der Waals surface area contributed by atoms with E-state index in [4.69, 9.17) is 9.90 Å². The number of carboxylic acids is 1. The SMILES string of the molecule is C1CC[C@@H]2NCCC[C@H]2C1.O=C(O)C(F)(F)F.O=C1CCC(N2C(=O)c3ccc(F)cc3C2=O)C(=O)N1.O=C1CCC(N2C(=O)c3ccc(N4CCN[C@H]5CCCC[C@@H]54)cc3C2=O)C(=O)N1. The van der Waals surface area contributed by atoms with E-state index in [0.29, 0.717) is 23.2 Å². The number of alkyl halides is 3. The van der Waals surface area contributed by atoms with Crippen molar-refractivity contribution in [1.82, 2.24) is 31.1 Å². The largest absolute Gasteiger partial charge is 0.490 e. The number of anilines is 1. The number of imide groups is 4. The van der Waals surface area contributed by atoms with Crippen molar-refractivity contribution in [3.05, 3.63) is 64.5 Å². The van der Waals surface area contributed by atoms with Gasteiger partial charge in [-0.3, -0.25) is 58.8 Å². The van der Waals surface area contributed by atoms with E-state index in [1.807, 2.05) is 6.07 Å². The Balaban J connectivity index is 0.000000150. The minimum Gasteiger partial charge on any atom is -0.475 e. The highest BCUT2D eigenvalue weighted by atomic mass is 19.4. The summed E-state index contributed by atoms with van der Waals surface area (Å²) in [6.07, 6.45) is 8.88. The normalized spacial score (nSPS) is 27.1. The molecule has 4 saturated heterocycles. The molecular formula is C45H51F4N7O10. The third kappa shape index (κ3) is 10.3. The summed E-state index contributed by atoms with van der Waals surface area (Å²) in [6.45, 7) is 3.04. The average Bonchev–Trinajstić information content (AvgIpc) is 3.69. The number of amides is 8. The molecule has 354 valence electrons. The second-order valence-electron chi connectivity index (χ2n) is 17.5. The molecular weight excluding hydrogens is 875 g/mol. The summed E-state index contributed by atoms with van der Waals surface area (Å²) in [5.41, 5.74) is 1.65.